The molecule has 154 valence electrons. The summed E-state index contributed by atoms with van der Waals surface area (Å²) in [5.74, 6) is -1.57. The van der Waals surface area contributed by atoms with Crippen LogP contribution >= 0.6 is 0 Å². The highest BCUT2D eigenvalue weighted by molar-refractivity contribution is 5.95. The lowest BCUT2D eigenvalue weighted by molar-refractivity contribution is -0.746. The molecule has 0 radical (unpaired) electrons. The van der Waals surface area contributed by atoms with Crippen molar-refractivity contribution in [3.05, 3.63) is 30.0 Å². The van der Waals surface area contributed by atoms with Crippen LogP contribution < -0.4 is 20.4 Å². The van der Waals surface area contributed by atoms with Crippen molar-refractivity contribution in [1.82, 2.24) is 10.2 Å². The largest absolute Gasteiger partial charge is 0.539 e. The van der Waals surface area contributed by atoms with Gasteiger partial charge in [-0.05, 0) is 24.3 Å². The van der Waals surface area contributed by atoms with Gasteiger partial charge in [0.1, 0.15) is 12.6 Å². The monoisotopic (exact) mass is 403 g/mol. The Kier molecular flexibility index (Phi) is 6.07. The molecule has 2 heterocycles. The maximum atomic E-state index is 12.6. The molecule has 2 aromatic rings. The van der Waals surface area contributed by atoms with E-state index in [4.69, 9.17) is 4.74 Å². The number of aromatic nitrogens is 2. The average Bonchev–Trinajstić information content (AvgIpc) is 2.98. The SMILES string of the molecule is CC(=O)Nc1ccc(NC(=O)CC2OCCN(Cc3c([O-])on[n+]3C)C2=O)cc1. The van der Waals surface area contributed by atoms with Gasteiger partial charge in [0.15, 0.2) is 13.0 Å². The van der Waals surface area contributed by atoms with Gasteiger partial charge >= 0.3 is 0 Å². The summed E-state index contributed by atoms with van der Waals surface area (Å²) in [4.78, 5) is 37.4. The summed E-state index contributed by atoms with van der Waals surface area (Å²) in [5, 5.41) is 20.5. The predicted octanol–water partition coefficient (Wildman–Crippen LogP) is -0.713. The Hall–Kier alpha value is -3.47. The number of carbonyl (C=O) groups is 3. The van der Waals surface area contributed by atoms with Gasteiger partial charge in [-0.1, -0.05) is 4.68 Å². The molecule has 1 aromatic carbocycles. The summed E-state index contributed by atoms with van der Waals surface area (Å²) < 4.78 is 11.3. The lowest BCUT2D eigenvalue weighted by atomic mass is 10.1. The number of anilines is 2. The number of nitrogens with zero attached hydrogens (tertiary/aromatic N) is 3. The van der Waals surface area contributed by atoms with Crippen LogP contribution in [-0.2, 0) is 32.7 Å². The van der Waals surface area contributed by atoms with Gasteiger partial charge < -0.3 is 29.9 Å². The highest BCUT2D eigenvalue weighted by Crippen LogP contribution is 2.18. The Morgan fingerprint density at radius 1 is 1.28 bits per heavy atom. The van der Waals surface area contributed by atoms with Crippen molar-refractivity contribution in [2.45, 2.75) is 26.0 Å². The van der Waals surface area contributed by atoms with Crippen LogP contribution in [0.3, 0.4) is 0 Å². The molecule has 0 bridgehead atoms. The molecule has 1 fully saturated rings. The third-order valence-corrected chi connectivity index (χ3v) is 4.34. The lowest BCUT2D eigenvalue weighted by Crippen LogP contribution is -2.50. The molecule has 1 atom stereocenters. The molecule has 1 aliphatic rings. The molecule has 11 heteroatoms. The van der Waals surface area contributed by atoms with E-state index in [2.05, 4.69) is 20.4 Å². The van der Waals surface area contributed by atoms with Crippen LogP contribution in [0, 0.1) is 0 Å². The summed E-state index contributed by atoms with van der Waals surface area (Å²) in [6, 6.07) is 6.59. The van der Waals surface area contributed by atoms with Crippen LogP contribution in [0.1, 0.15) is 19.0 Å². The number of aryl methyl sites for hydroxylation is 1. The molecule has 1 saturated heterocycles. The zero-order valence-electron chi connectivity index (χ0n) is 16.0. The van der Waals surface area contributed by atoms with Gasteiger partial charge in [-0.25, -0.2) is 0 Å². The van der Waals surface area contributed by atoms with Crippen LogP contribution in [-0.4, -0.2) is 47.1 Å². The van der Waals surface area contributed by atoms with E-state index in [0.717, 1.165) is 0 Å². The van der Waals surface area contributed by atoms with E-state index in [1.807, 2.05) is 0 Å². The third-order valence-electron chi connectivity index (χ3n) is 4.34. The van der Waals surface area contributed by atoms with Crippen molar-refractivity contribution in [1.29, 1.82) is 0 Å². The number of hydrogen-bond donors (Lipinski definition) is 2. The van der Waals surface area contributed by atoms with Crippen LogP contribution in [0.25, 0.3) is 0 Å². The molecule has 0 spiro atoms. The van der Waals surface area contributed by atoms with Gasteiger partial charge in [-0.15, -0.1) is 0 Å². The molecule has 11 nitrogen and oxygen atoms in total. The molecule has 0 saturated carbocycles. The Morgan fingerprint density at radius 2 is 1.93 bits per heavy atom. The van der Waals surface area contributed by atoms with E-state index >= 15 is 0 Å². The average molecular weight is 403 g/mol. The van der Waals surface area contributed by atoms with E-state index in [0.29, 0.717) is 17.9 Å². The minimum absolute atomic E-state index is 0.0315. The summed E-state index contributed by atoms with van der Waals surface area (Å²) in [6.45, 7) is 1.98. The zero-order valence-corrected chi connectivity index (χ0v) is 16.0. The Bertz CT molecular complexity index is 890. The summed E-state index contributed by atoms with van der Waals surface area (Å²) in [5.41, 5.74) is 1.37. The van der Waals surface area contributed by atoms with Crippen molar-refractivity contribution in [2.24, 2.45) is 7.05 Å². The highest BCUT2D eigenvalue weighted by Gasteiger charge is 2.33. The second-order valence-corrected chi connectivity index (χ2v) is 6.56. The number of amides is 3. The van der Waals surface area contributed by atoms with Crippen molar-refractivity contribution < 1.29 is 33.4 Å². The molecule has 0 aliphatic carbocycles. The van der Waals surface area contributed by atoms with E-state index in [1.54, 1.807) is 31.3 Å². The van der Waals surface area contributed by atoms with Gasteiger partial charge in [-0.2, -0.15) is 0 Å². The number of rotatable bonds is 6. The standard InChI is InChI=1S/C18H20N5O6/c1-11(24)19-12-3-5-13(6-4-12)20-16(25)9-15-17(26)23(7-8-28-15)10-14-18(27)29-21-22(14)2/h3-6,15,27H,7-10H2,1-2H3/q-1/p+1. The first-order valence-electron chi connectivity index (χ1n) is 8.93. The summed E-state index contributed by atoms with van der Waals surface area (Å²) in [7, 11) is 1.55. The van der Waals surface area contributed by atoms with E-state index < -0.39 is 18.0 Å². The zero-order chi connectivity index (χ0) is 21.0. The molecule has 1 unspecified atom stereocenters. The van der Waals surface area contributed by atoms with Gasteiger partial charge in [0.2, 0.25) is 11.8 Å². The van der Waals surface area contributed by atoms with Crippen molar-refractivity contribution in [3.8, 4) is 5.95 Å². The molecular weight excluding hydrogens is 382 g/mol. The number of nitrogens with one attached hydrogen (secondary N) is 2. The number of morpholine rings is 1. The molecule has 2 N–H and O–H groups in total. The second-order valence-electron chi connectivity index (χ2n) is 6.56. The summed E-state index contributed by atoms with van der Waals surface area (Å²) >= 11 is 0. The van der Waals surface area contributed by atoms with Gasteiger partial charge in [0.25, 0.3) is 11.6 Å². The Labute approximate surface area is 166 Å². The Morgan fingerprint density at radius 3 is 2.52 bits per heavy atom. The topological polar surface area (TPSA) is 141 Å². The van der Waals surface area contributed by atoms with E-state index in [1.165, 1.54) is 16.5 Å². The maximum absolute atomic E-state index is 12.6. The fourth-order valence-corrected chi connectivity index (χ4v) is 2.89. The molecule has 29 heavy (non-hydrogen) atoms. The van der Waals surface area contributed by atoms with Crippen LogP contribution in [0.2, 0.25) is 0 Å². The number of carbonyl (C=O) groups excluding carboxylic acids is 3. The molecular formula is C18H21N5O6. The fourth-order valence-electron chi connectivity index (χ4n) is 2.89. The first kappa shape index (κ1) is 20.3. The fraction of sp³-hybridized carbons (Fsp3) is 0.389. The van der Waals surface area contributed by atoms with Gasteiger partial charge in [0.05, 0.1) is 18.3 Å². The van der Waals surface area contributed by atoms with Crippen molar-refractivity contribution >= 4 is 29.1 Å². The van der Waals surface area contributed by atoms with Gasteiger partial charge in [-0.3, -0.25) is 14.4 Å². The van der Waals surface area contributed by atoms with Gasteiger partial charge in [0, 0.05) is 24.8 Å². The van der Waals surface area contributed by atoms with Crippen molar-refractivity contribution in [3.63, 3.8) is 0 Å². The quantitative estimate of drug-likeness (QED) is 0.607. The lowest BCUT2D eigenvalue weighted by Gasteiger charge is -2.31. The van der Waals surface area contributed by atoms with E-state index in [9.17, 15) is 19.5 Å². The minimum atomic E-state index is -0.942. The molecule has 3 amide bonds. The first-order valence-corrected chi connectivity index (χ1v) is 8.93. The number of hydrogen-bond acceptors (Lipinski definition) is 7. The second kappa shape index (κ2) is 8.69. The smallest absolute Gasteiger partial charge is 0.252 e. The third kappa shape index (κ3) is 5.08. The molecule has 1 aliphatic heterocycles. The minimum Gasteiger partial charge on any atom is -0.539 e. The predicted molar refractivity (Wildman–Crippen MR) is 96.3 cm³/mol. The molecule has 3 rings (SSSR count). The Balaban J connectivity index is 1.57. The summed E-state index contributed by atoms with van der Waals surface area (Å²) in [6.07, 6.45) is -1.11. The van der Waals surface area contributed by atoms with Crippen LogP contribution in [0.15, 0.2) is 28.8 Å². The number of benzene rings is 1. The van der Waals surface area contributed by atoms with Crippen LogP contribution in [0.5, 0.6) is 5.95 Å². The first-order chi connectivity index (χ1) is 13.8. The van der Waals surface area contributed by atoms with E-state index in [-0.39, 0.29) is 37.1 Å². The van der Waals surface area contributed by atoms with Crippen molar-refractivity contribution in [2.75, 3.05) is 23.8 Å². The molecule has 1 aromatic heterocycles. The van der Waals surface area contributed by atoms with Crippen LogP contribution in [0.4, 0.5) is 11.4 Å². The highest BCUT2D eigenvalue weighted by atomic mass is 16.6. The normalized spacial score (nSPS) is 16.6. The maximum Gasteiger partial charge on any atom is 0.252 e. The number of ether oxygens (including phenoxy) is 1.